The van der Waals surface area contributed by atoms with Gasteiger partial charge in [-0.25, -0.2) is 4.68 Å². The van der Waals surface area contributed by atoms with E-state index in [0.717, 1.165) is 61.9 Å². The number of methoxy groups -OCH3 is 2. The summed E-state index contributed by atoms with van der Waals surface area (Å²) in [7, 11) is 3.40. The van der Waals surface area contributed by atoms with Crippen molar-refractivity contribution in [2.75, 3.05) is 45.3 Å². The van der Waals surface area contributed by atoms with Crippen molar-refractivity contribution in [3.8, 4) is 11.5 Å². The van der Waals surface area contributed by atoms with Crippen molar-refractivity contribution in [1.82, 2.24) is 25.1 Å². The van der Waals surface area contributed by atoms with Crippen LogP contribution in [0.3, 0.4) is 0 Å². The van der Waals surface area contributed by atoms with Gasteiger partial charge in [-0.05, 0) is 60.4 Å². The molecule has 0 radical (unpaired) electrons. The number of hydrogen-bond acceptors (Lipinski definition) is 7. The second-order valence-electron chi connectivity index (χ2n) is 10.1. The standard InChI is InChI=1S/C28H38N6O2/c1-20-13-14-21(2)24(19-20)32-15-17-33(18-16-32)26(23-11-8-12-25(35-3)27(23)36-4)28-29-30-31-34(28)22-9-6-5-7-10-22/h8,11-14,19,22,26H,5-7,9-10,15-18H2,1-4H3/t26-/m0/s1. The smallest absolute Gasteiger partial charge is 0.173 e. The van der Waals surface area contributed by atoms with Crippen LogP contribution in [0.25, 0.3) is 0 Å². The maximum atomic E-state index is 5.90. The Morgan fingerprint density at radius 3 is 2.42 bits per heavy atom. The van der Waals surface area contributed by atoms with Crippen LogP contribution in [-0.4, -0.2) is 65.5 Å². The van der Waals surface area contributed by atoms with E-state index in [0.29, 0.717) is 6.04 Å². The number of hydrogen-bond donors (Lipinski definition) is 0. The minimum Gasteiger partial charge on any atom is -0.493 e. The molecule has 0 bridgehead atoms. The van der Waals surface area contributed by atoms with Crippen molar-refractivity contribution < 1.29 is 9.47 Å². The summed E-state index contributed by atoms with van der Waals surface area (Å²) < 4.78 is 13.7. The summed E-state index contributed by atoms with van der Waals surface area (Å²) in [6.45, 7) is 8.04. The molecule has 8 heteroatoms. The third-order valence-corrected chi connectivity index (χ3v) is 7.80. The van der Waals surface area contributed by atoms with Crippen LogP contribution in [-0.2, 0) is 0 Å². The van der Waals surface area contributed by atoms with Crippen LogP contribution >= 0.6 is 0 Å². The van der Waals surface area contributed by atoms with Gasteiger partial charge in [0.1, 0.15) is 6.04 Å². The van der Waals surface area contributed by atoms with Crippen LogP contribution in [0.4, 0.5) is 5.69 Å². The summed E-state index contributed by atoms with van der Waals surface area (Å²) in [6.07, 6.45) is 6.00. The Morgan fingerprint density at radius 1 is 0.917 bits per heavy atom. The highest BCUT2D eigenvalue weighted by Gasteiger charge is 2.35. The van der Waals surface area contributed by atoms with Gasteiger partial charge in [-0.3, -0.25) is 4.90 Å². The first-order valence-corrected chi connectivity index (χ1v) is 13.2. The molecule has 1 saturated heterocycles. The summed E-state index contributed by atoms with van der Waals surface area (Å²) in [5.74, 6) is 2.37. The molecule has 1 saturated carbocycles. The number of aryl methyl sites for hydroxylation is 2. The minimum absolute atomic E-state index is 0.118. The van der Waals surface area contributed by atoms with Crippen molar-refractivity contribution in [2.45, 2.75) is 58.0 Å². The van der Waals surface area contributed by atoms with Crippen LogP contribution in [0.1, 0.15) is 66.7 Å². The fraction of sp³-hybridized carbons (Fsp3) is 0.536. The van der Waals surface area contributed by atoms with E-state index in [9.17, 15) is 0 Å². The molecule has 2 aliphatic rings. The maximum absolute atomic E-state index is 5.90. The number of aromatic nitrogens is 4. The van der Waals surface area contributed by atoms with Gasteiger partial charge in [0.25, 0.3) is 0 Å². The highest BCUT2D eigenvalue weighted by Crippen LogP contribution is 2.41. The summed E-state index contributed by atoms with van der Waals surface area (Å²) >= 11 is 0. The molecule has 0 N–H and O–H groups in total. The molecular weight excluding hydrogens is 452 g/mol. The summed E-state index contributed by atoms with van der Waals surface area (Å²) in [6, 6.07) is 13.0. The molecule has 1 aromatic heterocycles. The Kier molecular flexibility index (Phi) is 7.41. The quantitative estimate of drug-likeness (QED) is 0.474. The Bertz CT molecular complexity index is 1160. The molecule has 2 heterocycles. The van der Waals surface area contributed by atoms with Crippen molar-refractivity contribution in [2.24, 2.45) is 0 Å². The lowest BCUT2D eigenvalue weighted by molar-refractivity contribution is 0.189. The summed E-state index contributed by atoms with van der Waals surface area (Å²) in [5.41, 5.74) is 4.99. The molecule has 0 unspecified atom stereocenters. The van der Waals surface area contributed by atoms with Crippen molar-refractivity contribution in [3.63, 3.8) is 0 Å². The van der Waals surface area contributed by atoms with Crippen LogP contribution < -0.4 is 14.4 Å². The normalized spacial score (nSPS) is 18.3. The number of piperazine rings is 1. The Hall–Kier alpha value is -3.13. The van der Waals surface area contributed by atoms with Gasteiger partial charge in [0.15, 0.2) is 17.3 Å². The first-order chi connectivity index (χ1) is 17.6. The first kappa shape index (κ1) is 24.6. The molecule has 1 aliphatic heterocycles. The van der Waals surface area contributed by atoms with E-state index in [2.05, 4.69) is 68.1 Å². The average molecular weight is 491 g/mol. The van der Waals surface area contributed by atoms with E-state index in [1.165, 1.54) is 36.1 Å². The minimum atomic E-state index is -0.118. The predicted octanol–water partition coefficient (Wildman–Crippen LogP) is 4.72. The van der Waals surface area contributed by atoms with E-state index in [-0.39, 0.29) is 6.04 Å². The molecule has 3 aromatic rings. The fourth-order valence-corrected chi connectivity index (χ4v) is 5.87. The molecule has 5 rings (SSSR count). The number of nitrogens with zero attached hydrogens (tertiary/aromatic N) is 6. The summed E-state index contributed by atoms with van der Waals surface area (Å²) in [4.78, 5) is 5.01. The van der Waals surface area contributed by atoms with E-state index >= 15 is 0 Å². The van der Waals surface area contributed by atoms with Crippen molar-refractivity contribution in [3.05, 3.63) is 58.9 Å². The van der Waals surface area contributed by atoms with Gasteiger partial charge >= 0.3 is 0 Å². The lowest BCUT2D eigenvalue weighted by Crippen LogP contribution is -2.48. The second kappa shape index (κ2) is 10.9. The van der Waals surface area contributed by atoms with E-state index in [4.69, 9.17) is 9.47 Å². The molecule has 36 heavy (non-hydrogen) atoms. The van der Waals surface area contributed by atoms with E-state index in [1.54, 1.807) is 14.2 Å². The molecule has 2 aromatic carbocycles. The van der Waals surface area contributed by atoms with Crippen LogP contribution in [0.2, 0.25) is 0 Å². The van der Waals surface area contributed by atoms with E-state index < -0.39 is 0 Å². The second-order valence-corrected chi connectivity index (χ2v) is 10.1. The third kappa shape index (κ3) is 4.78. The molecule has 8 nitrogen and oxygen atoms in total. The van der Waals surface area contributed by atoms with Crippen LogP contribution in [0.15, 0.2) is 36.4 Å². The summed E-state index contributed by atoms with van der Waals surface area (Å²) in [5, 5.41) is 13.3. The van der Waals surface area contributed by atoms with Gasteiger partial charge in [-0.15, -0.1) is 5.10 Å². The fourth-order valence-electron chi connectivity index (χ4n) is 5.87. The topological polar surface area (TPSA) is 68.5 Å². The molecule has 1 atom stereocenters. The monoisotopic (exact) mass is 490 g/mol. The lowest BCUT2D eigenvalue weighted by Gasteiger charge is -2.41. The maximum Gasteiger partial charge on any atom is 0.173 e. The number of para-hydroxylation sites is 1. The Balaban J connectivity index is 1.50. The van der Waals surface area contributed by atoms with Gasteiger partial charge in [0, 0.05) is 37.4 Å². The number of benzene rings is 2. The largest absolute Gasteiger partial charge is 0.493 e. The molecule has 1 aliphatic carbocycles. The predicted molar refractivity (Wildman–Crippen MR) is 141 cm³/mol. The average Bonchev–Trinajstić information content (AvgIpc) is 3.40. The molecular formula is C28H38N6O2. The highest BCUT2D eigenvalue weighted by atomic mass is 16.5. The van der Waals surface area contributed by atoms with Gasteiger partial charge in [-0.1, -0.05) is 43.5 Å². The molecule has 2 fully saturated rings. The SMILES string of the molecule is COc1cccc([C@@H](c2nnnn2C2CCCCC2)N2CCN(c3cc(C)ccc3C)CC2)c1OC. The van der Waals surface area contributed by atoms with E-state index in [1.807, 2.05) is 12.1 Å². The number of anilines is 1. The van der Waals surface area contributed by atoms with Crippen molar-refractivity contribution >= 4 is 5.69 Å². The van der Waals surface area contributed by atoms with Gasteiger partial charge in [-0.2, -0.15) is 0 Å². The van der Waals surface area contributed by atoms with Gasteiger partial charge < -0.3 is 14.4 Å². The first-order valence-electron chi connectivity index (χ1n) is 13.2. The Morgan fingerprint density at radius 2 is 1.69 bits per heavy atom. The van der Waals surface area contributed by atoms with Crippen LogP contribution in [0, 0.1) is 13.8 Å². The Labute approximate surface area is 214 Å². The van der Waals surface area contributed by atoms with Gasteiger partial charge in [0.05, 0.1) is 20.3 Å². The lowest BCUT2D eigenvalue weighted by atomic mass is 9.94. The molecule has 0 spiro atoms. The zero-order chi connectivity index (χ0) is 25.1. The number of tetrazole rings is 1. The zero-order valence-electron chi connectivity index (χ0n) is 22.0. The number of ether oxygens (including phenoxy) is 2. The number of rotatable bonds is 7. The molecule has 0 amide bonds. The van der Waals surface area contributed by atoms with Crippen LogP contribution in [0.5, 0.6) is 11.5 Å². The zero-order valence-corrected chi connectivity index (χ0v) is 22.0. The third-order valence-electron chi connectivity index (χ3n) is 7.80. The van der Waals surface area contributed by atoms with Gasteiger partial charge in [0.2, 0.25) is 0 Å². The highest BCUT2D eigenvalue weighted by molar-refractivity contribution is 5.55. The van der Waals surface area contributed by atoms with Crippen molar-refractivity contribution in [1.29, 1.82) is 0 Å². The molecule has 192 valence electrons.